The fourth-order valence-electron chi connectivity index (χ4n) is 5.09. The minimum atomic E-state index is -1.06. The van der Waals surface area contributed by atoms with Crippen LogP contribution in [0, 0.1) is 0 Å². The van der Waals surface area contributed by atoms with Crippen molar-refractivity contribution in [1.82, 2.24) is 9.97 Å². The lowest BCUT2D eigenvalue weighted by Gasteiger charge is -2.33. The molecule has 0 fully saturated rings. The molecule has 9 heteroatoms. The smallest absolute Gasteiger partial charge is 0.412 e. The first-order chi connectivity index (χ1) is 20.7. The summed E-state index contributed by atoms with van der Waals surface area (Å²) in [7, 11) is 0. The predicted molar refractivity (Wildman–Crippen MR) is 169 cm³/mol. The SMILES string of the molecule is CC(C)(C)N(C(=O)O)c1ccc(C(=O)Nc2cccc(Nc3cc(-c4cccc5c4oc4ccccc45)ncn3)c2)cc1. The molecule has 43 heavy (non-hydrogen) atoms. The molecule has 0 aliphatic heterocycles. The number of para-hydroxylation sites is 2. The molecular formula is C34H29N5O4. The Balaban J connectivity index is 1.19. The van der Waals surface area contributed by atoms with E-state index in [1.54, 1.807) is 36.4 Å². The molecule has 2 aromatic heterocycles. The summed E-state index contributed by atoms with van der Waals surface area (Å²) in [5.41, 5.74) is 4.73. The molecule has 0 atom stereocenters. The Morgan fingerprint density at radius 1 is 0.814 bits per heavy atom. The molecule has 6 rings (SSSR count). The standard InChI is InChI=1S/C34H29N5O4/c1-34(2,3)39(33(41)42)24-16-14-21(15-17-24)32(40)38-23-9-6-8-22(18-23)37-30-19-28(35-20-36-30)27-12-7-11-26-25-10-4-5-13-29(25)43-31(26)27/h4-20H,1-3H3,(H,38,40)(H,41,42)(H,35,36,37). The quantitative estimate of drug-likeness (QED) is 0.184. The number of hydrogen-bond donors (Lipinski definition) is 3. The molecule has 0 unspecified atom stereocenters. The van der Waals surface area contributed by atoms with Crippen LogP contribution in [0.3, 0.4) is 0 Å². The van der Waals surface area contributed by atoms with Crippen LogP contribution < -0.4 is 15.5 Å². The van der Waals surface area contributed by atoms with Crippen LogP contribution in [0.4, 0.5) is 27.7 Å². The third-order valence-electron chi connectivity index (χ3n) is 6.99. The monoisotopic (exact) mass is 571 g/mol. The molecule has 3 N–H and O–H groups in total. The predicted octanol–water partition coefficient (Wildman–Crippen LogP) is 8.32. The van der Waals surface area contributed by atoms with Crippen LogP contribution in [0.25, 0.3) is 33.2 Å². The zero-order valence-electron chi connectivity index (χ0n) is 23.8. The maximum Gasteiger partial charge on any atom is 0.412 e. The minimum Gasteiger partial charge on any atom is -0.465 e. The van der Waals surface area contributed by atoms with Gasteiger partial charge in [-0.3, -0.25) is 9.69 Å². The summed E-state index contributed by atoms with van der Waals surface area (Å²) in [6.07, 6.45) is 0.441. The van der Waals surface area contributed by atoms with E-state index >= 15 is 0 Å². The van der Waals surface area contributed by atoms with Crippen LogP contribution in [-0.4, -0.2) is 32.6 Å². The molecule has 9 nitrogen and oxygen atoms in total. The first-order valence-corrected chi connectivity index (χ1v) is 13.7. The van der Waals surface area contributed by atoms with Gasteiger partial charge in [0.05, 0.1) is 5.69 Å². The Morgan fingerprint density at radius 3 is 2.30 bits per heavy atom. The van der Waals surface area contributed by atoms with E-state index in [0.29, 0.717) is 28.5 Å². The second-order valence-corrected chi connectivity index (χ2v) is 11.1. The highest BCUT2D eigenvalue weighted by Crippen LogP contribution is 2.35. The number of carbonyl (C=O) groups is 2. The maximum absolute atomic E-state index is 13.0. The Hall–Kier alpha value is -5.70. The van der Waals surface area contributed by atoms with Gasteiger partial charge in [-0.15, -0.1) is 0 Å². The van der Waals surface area contributed by atoms with Crippen molar-refractivity contribution in [2.75, 3.05) is 15.5 Å². The lowest BCUT2D eigenvalue weighted by molar-refractivity contribution is 0.102. The van der Waals surface area contributed by atoms with Gasteiger partial charge in [0.1, 0.15) is 23.3 Å². The zero-order valence-corrected chi connectivity index (χ0v) is 23.8. The van der Waals surface area contributed by atoms with Gasteiger partial charge < -0.3 is 20.2 Å². The van der Waals surface area contributed by atoms with E-state index in [1.165, 1.54) is 11.2 Å². The lowest BCUT2D eigenvalue weighted by Crippen LogP contribution is -2.45. The van der Waals surface area contributed by atoms with E-state index in [9.17, 15) is 14.7 Å². The summed E-state index contributed by atoms with van der Waals surface area (Å²) < 4.78 is 6.18. The first kappa shape index (κ1) is 27.5. The van der Waals surface area contributed by atoms with Crippen LogP contribution in [0.1, 0.15) is 31.1 Å². The molecular weight excluding hydrogens is 542 g/mol. The largest absolute Gasteiger partial charge is 0.465 e. The fourth-order valence-corrected chi connectivity index (χ4v) is 5.09. The number of benzene rings is 4. The average molecular weight is 572 g/mol. The van der Waals surface area contributed by atoms with E-state index in [-0.39, 0.29) is 5.91 Å². The van der Waals surface area contributed by atoms with Crippen molar-refractivity contribution in [2.45, 2.75) is 26.3 Å². The Labute approximate surface area is 247 Å². The van der Waals surface area contributed by atoms with Gasteiger partial charge in [0.2, 0.25) is 0 Å². The number of carboxylic acid groups (broad SMARTS) is 1. The van der Waals surface area contributed by atoms with Crippen LogP contribution in [-0.2, 0) is 0 Å². The Morgan fingerprint density at radius 2 is 1.53 bits per heavy atom. The van der Waals surface area contributed by atoms with Gasteiger partial charge in [-0.1, -0.05) is 36.4 Å². The molecule has 2 heterocycles. The Kier molecular flexibility index (Phi) is 6.99. The van der Waals surface area contributed by atoms with Crippen molar-refractivity contribution in [1.29, 1.82) is 0 Å². The zero-order chi connectivity index (χ0) is 30.1. The summed E-state index contributed by atoms with van der Waals surface area (Å²) in [6, 6.07) is 29.6. The molecule has 4 aromatic carbocycles. The van der Waals surface area contributed by atoms with Crippen molar-refractivity contribution in [3.05, 3.63) is 109 Å². The normalized spacial score (nSPS) is 11.4. The number of carbonyl (C=O) groups excluding carboxylic acids is 1. The first-order valence-electron chi connectivity index (χ1n) is 13.7. The summed E-state index contributed by atoms with van der Waals surface area (Å²) >= 11 is 0. The minimum absolute atomic E-state index is 0.315. The molecule has 0 spiro atoms. The molecule has 0 bridgehead atoms. The fraction of sp³-hybridized carbons (Fsp3) is 0.118. The summed E-state index contributed by atoms with van der Waals surface area (Å²) in [5.74, 6) is 0.267. The van der Waals surface area contributed by atoms with Crippen molar-refractivity contribution in [3.8, 4) is 11.3 Å². The highest BCUT2D eigenvalue weighted by Gasteiger charge is 2.27. The third-order valence-corrected chi connectivity index (χ3v) is 6.99. The maximum atomic E-state index is 13.0. The Bertz CT molecular complexity index is 1980. The van der Waals surface area contributed by atoms with E-state index in [2.05, 4.69) is 20.6 Å². The van der Waals surface area contributed by atoms with Crippen LogP contribution in [0.15, 0.2) is 108 Å². The number of anilines is 4. The average Bonchev–Trinajstić information content (AvgIpc) is 3.36. The van der Waals surface area contributed by atoms with Gasteiger partial charge in [0.25, 0.3) is 5.91 Å². The van der Waals surface area contributed by atoms with Crippen molar-refractivity contribution < 1.29 is 19.1 Å². The molecule has 0 aliphatic rings. The number of hydrogen-bond acceptors (Lipinski definition) is 6. The van der Waals surface area contributed by atoms with Gasteiger partial charge in [0.15, 0.2) is 0 Å². The number of amides is 2. The molecule has 0 saturated heterocycles. The topological polar surface area (TPSA) is 121 Å². The molecule has 214 valence electrons. The lowest BCUT2D eigenvalue weighted by atomic mass is 10.0. The number of furan rings is 1. The number of aromatic nitrogens is 2. The second kappa shape index (κ2) is 10.9. The van der Waals surface area contributed by atoms with Gasteiger partial charge in [-0.05, 0) is 75.4 Å². The van der Waals surface area contributed by atoms with Gasteiger partial charge >= 0.3 is 6.09 Å². The number of nitrogens with zero attached hydrogens (tertiary/aromatic N) is 3. The molecule has 0 saturated carbocycles. The molecule has 2 amide bonds. The van der Waals surface area contributed by atoms with Crippen LogP contribution in [0.5, 0.6) is 0 Å². The van der Waals surface area contributed by atoms with Crippen molar-refractivity contribution >= 4 is 56.8 Å². The molecule has 0 aliphatic carbocycles. The molecule has 0 radical (unpaired) electrons. The number of nitrogens with one attached hydrogen (secondary N) is 2. The second-order valence-electron chi connectivity index (χ2n) is 11.1. The summed E-state index contributed by atoms with van der Waals surface area (Å²) in [4.78, 5) is 34.9. The summed E-state index contributed by atoms with van der Waals surface area (Å²) in [6.45, 7) is 5.44. The molecule has 6 aromatic rings. The third kappa shape index (κ3) is 5.60. The number of rotatable bonds is 6. The van der Waals surface area contributed by atoms with Gasteiger partial charge in [0, 0.05) is 50.6 Å². The summed E-state index contributed by atoms with van der Waals surface area (Å²) in [5, 5.41) is 17.9. The highest BCUT2D eigenvalue weighted by atomic mass is 16.4. The van der Waals surface area contributed by atoms with Crippen molar-refractivity contribution in [3.63, 3.8) is 0 Å². The van der Waals surface area contributed by atoms with E-state index in [4.69, 9.17) is 4.42 Å². The van der Waals surface area contributed by atoms with E-state index < -0.39 is 11.6 Å². The van der Waals surface area contributed by atoms with Gasteiger partial charge in [-0.2, -0.15) is 0 Å². The van der Waals surface area contributed by atoms with E-state index in [1.807, 2.05) is 81.4 Å². The van der Waals surface area contributed by atoms with E-state index in [0.717, 1.165) is 33.2 Å². The number of fused-ring (bicyclic) bond motifs is 3. The highest BCUT2D eigenvalue weighted by molar-refractivity contribution is 6.09. The van der Waals surface area contributed by atoms with Crippen LogP contribution in [0.2, 0.25) is 0 Å². The van der Waals surface area contributed by atoms with Crippen LogP contribution >= 0.6 is 0 Å². The van der Waals surface area contributed by atoms with Gasteiger partial charge in [-0.25, -0.2) is 14.8 Å². The van der Waals surface area contributed by atoms with Crippen molar-refractivity contribution in [2.24, 2.45) is 0 Å².